The average molecular weight is 533 g/mol. The minimum atomic E-state index is -0.539. The number of piperidine rings is 2. The van der Waals surface area contributed by atoms with E-state index in [1.807, 2.05) is 41.5 Å². The Morgan fingerprint density at radius 2 is 0.974 bits per heavy atom. The van der Waals surface area contributed by atoms with Crippen molar-refractivity contribution in [3.63, 3.8) is 0 Å². The van der Waals surface area contributed by atoms with Crippen LogP contribution in [0.5, 0.6) is 0 Å². The van der Waals surface area contributed by atoms with Gasteiger partial charge in [-0.05, 0) is 77.6 Å². The first-order valence-corrected chi connectivity index (χ1v) is 13.8. The molecule has 3 rings (SSSR count). The van der Waals surface area contributed by atoms with E-state index < -0.39 is 34.1 Å². The van der Waals surface area contributed by atoms with Crippen molar-refractivity contribution in [1.29, 1.82) is 0 Å². The van der Waals surface area contributed by atoms with E-state index in [-0.39, 0.29) is 24.0 Å². The van der Waals surface area contributed by atoms with E-state index in [1.54, 1.807) is 24.3 Å². The zero-order valence-electron chi connectivity index (χ0n) is 24.9. The van der Waals surface area contributed by atoms with E-state index in [0.717, 1.165) is 0 Å². The third kappa shape index (κ3) is 5.79. The summed E-state index contributed by atoms with van der Waals surface area (Å²) in [7, 11) is 0. The van der Waals surface area contributed by atoms with Gasteiger partial charge in [-0.1, -0.05) is 27.7 Å². The molecule has 8 nitrogen and oxygen atoms in total. The first kappa shape index (κ1) is 30.5. The lowest BCUT2D eigenvalue weighted by atomic mass is 9.73. The Labute approximate surface area is 228 Å². The SMILES string of the molecule is CC(C)C1(C)CC(OC(=O)c2ccc(C(=O)OC3CC(C)(C)N(O)C(C)(C(C)C)C3)cc2)CC(C)(C)N1O. The molecular weight excluding hydrogens is 484 g/mol. The number of esters is 2. The van der Waals surface area contributed by atoms with Crippen molar-refractivity contribution in [3.05, 3.63) is 35.4 Å². The number of hydroxylamine groups is 4. The van der Waals surface area contributed by atoms with Crippen LogP contribution in [0.25, 0.3) is 0 Å². The van der Waals surface area contributed by atoms with Crippen LogP contribution in [0, 0.1) is 11.8 Å². The van der Waals surface area contributed by atoms with Crippen molar-refractivity contribution in [2.45, 2.75) is 129 Å². The molecule has 2 saturated heterocycles. The lowest BCUT2D eigenvalue weighted by Gasteiger charge is -2.54. The van der Waals surface area contributed by atoms with Crippen molar-refractivity contribution in [3.8, 4) is 0 Å². The fourth-order valence-corrected chi connectivity index (χ4v) is 6.22. The lowest BCUT2D eigenvalue weighted by molar-refractivity contribution is -0.273. The molecular formula is C30H48N2O6. The van der Waals surface area contributed by atoms with E-state index in [0.29, 0.717) is 36.8 Å². The van der Waals surface area contributed by atoms with Gasteiger partial charge in [0, 0.05) is 47.8 Å². The van der Waals surface area contributed by atoms with Gasteiger partial charge in [0.05, 0.1) is 11.1 Å². The molecule has 2 N–H and O–H groups in total. The molecule has 1 aromatic rings. The minimum Gasteiger partial charge on any atom is -0.459 e. The molecule has 4 unspecified atom stereocenters. The van der Waals surface area contributed by atoms with E-state index >= 15 is 0 Å². The monoisotopic (exact) mass is 532 g/mol. The van der Waals surface area contributed by atoms with Gasteiger partial charge in [0.15, 0.2) is 0 Å². The fourth-order valence-electron chi connectivity index (χ4n) is 6.22. The zero-order chi connectivity index (χ0) is 28.8. The van der Waals surface area contributed by atoms with Gasteiger partial charge in [0.1, 0.15) is 12.2 Å². The summed E-state index contributed by atoms with van der Waals surface area (Å²) in [4.78, 5) is 26.0. The third-order valence-corrected chi connectivity index (χ3v) is 9.24. The van der Waals surface area contributed by atoms with Crippen LogP contribution in [0.3, 0.4) is 0 Å². The normalized spacial score (nSPS) is 31.8. The number of carbonyl (C=O) groups is 2. The second kappa shape index (κ2) is 10.5. The Kier molecular flexibility index (Phi) is 8.46. The Bertz CT molecular complexity index is 939. The zero-order valence-corrected chi connectivity index (χ0v) is 24.9. The van der Waals surface area contributed by atoms with Crippen LogP contribution < -0.4 is 0 Å². The fraction of sp³-hybridized carbons (Fsp3) is 0.733. The maximum absolute atomic E-state index is 13.0. The highest BCUT2D eigenvalue weighted by molar-refractivity contribution is 5.93. The van der Waals surface area contributed by atoms with E-state index in [2.05, 4.69) is 27.7 Å². The van der Waals surface area contributed by atoms with Gasteiger partial charge < -0.3 is 19.9 Å². The minimum absolute atomic E-state index is 0.159. The molecule has 0 aliphatic carbocycles. The van der Waals surface area contributed by atoms with Crippen molar-refractivity contribution >= 4 is 11.9 Å². The Balaban J connectivity index is 1.67. The molecule has 1 aromatic carbocycles. The highest BCUT2D eigenvalue weighted by atomic mass is 16.6. The standard InChI is InChI=1S/C30H48N2O6/c1-19(2)29(9)17-23(15-27(5,6)31(29)35)37-25(33)21-11-13-22(14-12-21)26(34)38-24-16-28(7,8)32(36)30(10,18-24)20(3)4/h11-14,19-20,23-24,35-36H,15-18H2,1-10H3. The van der Waals surface area contributed by atoms with Gasteiger partial charge in [0.25, 0.3) is 0 Å². The van der Waals surface area contributed by atoms with Crippen LogP contribution in [0.1, 0.15) is 116 Å². The first-order valence-electron chi connectivity index (χ1n) is 13.8. The summed E-state index contributed by atoms with van der Waals surface area (Å²) in [6.45, 7) is 20.0. The van der Waals surface area contributed by atoms with Crippen molar-refractivity contribution in [1.82, 2.24) is 10.1 Å². The summed E-state index contributed by atoms with van der Waals surface area (Å²) >= 11 is 0. The lowest BCUT2D eigenvalue weighted by Crippen LogP contribution is -2.64. The van der Waals surface area contributed by atoms with Crippen LogP contribution in [-0.2, 0) is 9.47 Å². The predicted octanol–water partition coefficient (Wildman–Crippen LogP) is 6.09. The topological polar surface area (TPSA) is 99.5 Å². The Morgan fingerprint density at radius 1 is 0.684 bits per heavy atom. The highest BCUT2D eigenvalue weighted by Gasteiger charge is 2.51. The quantitative estimate of drug-likeness (QED) is 0.424. The van der Waals surface area contributed by atoms with Gasteiger partial charge in [-0.15, -0.1) is 0 Å². The molecule has 0 bridgehead atoms. The molecule has 8 heteroatoms. The number of hydrogen-bond acceptors (Lipinski definition) is 8. The molecule has 2 aliphatic heterocycles. The molecule has 0 saturated carbocycles. The molecule has 2 fully saturated rings. The largest absolute Gasteiger partial charge is 0.459 e. The smallest absolute Gasteiger partial charge is 0.338 e. The molecule has 0 aromatic heterocycles. The van der Waals surface area contributed by atoms with Crippen molar-refractivity contribution < 1.29 is 29.5 Å². The predicted molar refractivity (Wildman–Crippen MR) is 145 cm³/mol. The summed E-state index contributed by atoms with van der Waals surface area (Å²) in [5.41, 5.74) is -1.40. The summed E-state index contributed by atoms with van der Waals surface area (Å²) in [6.07, 6.45) is 1.40. The summed E-state index contributed by atoms with van der Waals surface area (Å²) in [5.74, 6) is -0.583. The van der Waals surface area contributed by atoms with Crippen LogP contribution in [0.2, 0.25) is 0 Å². The maximum atomic E-state index is 13.0. The average Bonchev–Trinajstić information content (AvgIpc) is 2.80. The molecule has 2 heterocycles. The van der Waals surface area contributed by atoms with Gasteiger partial charge in [-0.3, -0.25) is 0 Å². The second-order valence-corrected chi connectivity index (χ2v) is 13.7. The highest BCUT2D eigenvalue weighted by Crippen LogP contribution is 2.43. The van der Waals surface area contributed by atoms with Crippen LogP contribution in [0.15, 0.2) is 24.3 Å². The van der Waals surface area contributed by atoms with E-state index in [9.17, 15) is 20.0 Å². The summed E-state index contributed by atoms with van der Waals surface area (Å²) in [6, 6.07) is 6.35. The second-order valence-electron chi connectivity index (χ2n) is 13.7. The molecule has 4 atom stereocenters. The molecule has 0 radical (unpaired) electrons. The molecule has 2 aliphatic rings. The summed E-state index contributed by atoms with van der Waals surface area (Å²) in [5, 5.41) is 24.5. The van der Waals surface area contributed by atoms with Crippen molar-refractivity contribution in [2.75, 3.05) is 0 Å². The molecule has 0 amide bonds. The number of nitrogens with zero attached hydrogens (tertiary/aromatic N) is 2. The van der Waals surface area contributed by atoms with Gasteiger partial charge in [0.2, 0.25) is 0 Å². The molecule has 0 spiro atoms. The van der Waals surface area contributed by atoms with Gasteiger partial charge in [-0.25, -0.2) is 9.59 Å². The van der Waals surface area contributed by atoms with E-state index in [1.165, 1.54) is 10.1 Å². The van der Waals surface area contributed by atoms with Crippen LogP contribution in [0.4, 0.5) is 0 Å². The molecule has 38 heavy (non-hydrogen) atoms. The number of benzene rings is 1. The van der Waals surface area contributed by atoms with Gasteiger partial charge in [-0.2, -0.15) is 10.1 Å². The Hall–Kier alpha value is -2.00. The summed E-state index contributed by atoms with van der Waals surface area (Å²) < 4.78 is 11.8. The van der Waals surface area contributed by atoms with Gasteiger partial charge >= 0.3 is 11.9 Å². The first-order chi connectivity index (χ1) is 17.3. The van der Waals surface area contributed by atoms with Crippen LogP contribution in [-0.4, -0.2) is 66.8 Å². The number of carbonyl (C=O) groups excluding carboxylic acids is 2. The number of ether oxygens (including phenoxy) is 2. The number of rotatable bonds is 6. The molecule has 214 valence electrons. The van der Waals surface area contributed by atoms with Crippen LogP contribution >= 0.6 is 0 Å². The van der Waals surface area contributed by atoms with E-state index in [4.69, 9.17) is 9.47 Å². The Morgan fingerprint density at radius 3 is 1.24 bits per heavy atom. The number of hydrogen-bond donors (Lipinski definition) is 2. The maximum Gasteiger partial charge on any atom is 0.338 e. The third-order valence-electron chi connectivity index (χ3n) is 9.24. The van der Waals surface area contributed by atoms with Crippen molar-refractivity contribution in [2.24, 2.45) is 11.8 Å².